The Hall–Kier alpha value is -1.32. The Kier molecular flexibility index (Phi) is 2.75. The monoisotopic (exact) mass is 207 g/mol. The lowest BCUT2D eigenvalue weighted by Crippen LogP contribution is -2.32. The Bertz CT molecular complexity index is 332. The molecule has 15 heavy (non-hydrogen) atoms. The van der Waals surface area contributed by atoms with E-state index in [0.29, 0.717) is 11.8 Å². The summed E-state index contributed by atoms with van der Waals surface area (Å²) in [6.07, 6.45) is 6.02. The molecule has 0 N–H and O–H groups in total. The summed E-state index contributed by atoms with van der Waals surface area (Å²) in [5.74, 6) is 1.31. The maximum Gasteiger partial charge on any atom is 0.329 e. The molecule has 0 spiro atoms. The van der Waals surface area contributed by atoms with Gasteiger partial charge in [-0.05, 0) is 18.3 Å². The fraction of sp³-hybridized carbons (Fsp3) is 0.636. The molecule has 82 valence electrons. The Morgan fingerprint density at radius 3 is 2.87 bits per heavy atom. The van der Waals surface area contributed by atoms with Gasteiger partial charge in [-0.2, -0.15) is 0 Å². The molecular formula is C11H17N3O. The first-order valence-electron chi connectivity index (χ1n) is 5.45. The second-order valence-electron chi connectivity index (χ2n) is 4.49. The largest absolute Gasteiger partial charge is 0.329 e. The van der Waals surface area contributed by atoms with Gasteiger partial charge in [0.05, 0.1) is 0 Å². The molecule has 1 amide bonds. The second kappa shape index (κ2) is 4.04. The minimum Gasteiger partial charge on any atom is -0.324 e. The van der Waals surface area contributed by atoms with Gasteiger partial charge in [-0.15, -0.1) is 0 Å². The molecule has 1 aromatic heterocycles. The highest BCUT2D eigenvalue weighted by Gasteiger charge is 2.28. The van der Waals surface area contributed by atoms with Crippen molar-refractivity contribution in [3.05, 3.63) is 18.7 Å². The van der Waals surface area contributed by atoms with Crippen molar-refractivity contribution in [3.8, 4) is 0 Å². The average Bonchev–Trinajstić information content (AvgIpc) is 2.88. The average molecular weight is 207 g/mol. The van der Waals surface area contributed by atoms with Crippen molar-refractivity contribution in [2.45, 2.75) is 20.3 Å². The molecule has 4 nitrogen and oxygen atoms in total. The molecule has 0 bridgehead atoms. The zero-order valence-electron chi connectivity index (χ0n) is 9.26. The molecule has 1 aromatic rings. The summed E-state index contributed by atoms with van der Waals surface area (Å²) in [6, 6.07) is 0.0515. The maximum absolute atomic E-state index is 11.9. The van der Waals surface area contributed by atoms with Crippen LogP contribution in [0, 0.1) is 11.8 Å². The highest BCUT2D eigenvalue weighted by molar-refractivity contribution is 5.76. The topological polar surface area (TPSA) is 38.1 Å². The van der Waals surface area contributed by atoms with Gasteiger partial charge in [-0.3, -0.25) is 4.57 Å². The lowest BCUT2D eigenvalue weighted by molar-refractivity contribution is 0.207. The molecule has 0 radical (unpaired) electrons. The van der Waals surface area contributed by atoms with Crippen LogP contribution in [-0.4, -0.2) is 33.6 Å². The van der Waals surface area contributed by atoms with Gasteiger partial charge in [-0.25, -0.2) is 9.78 Å². The predicted octanol–water partition coefficient (Wildman–Crippen LogP) is 1.83. The third-order valence-electron chi connectivity index (χ3n) is 3.16. The molecule has 0 aliphatic carbocycles. The minimum atomic E-state index is 0.0515. The quantitative estimate of drug-likeness (QED) is 0.704. The van der Waals surface area contributed by atoms with Crippen LogP contribution in [0.5, 0.6) is 0 Å². The number of amides is 1. The molecule has 1 aliphatic rings. The number of aromatic nitrogens is 2. The molecule has 2 rings (SSSR count). The van der Waals surface area contributed by atoms with Crippen LogP contribution >= 0.6 is 0 Å². The number of likely N-dealkylation sites (tertiary alicyclic amines) is 1. The van der Waals surface area contributed by atoms with Crippen molar-refractivity contribution in [3.63, 3.8) is 0 Å². The van der Waals surface area contributed by atoms with Crippen LogP contribution in [0.2, 0.25) is 0 Å². The Morgan fingerprint density at radius 2 is 2.33 bits per heavy atom. The fourth-order valence-corrected chi connectivity index (χ4v) is 2.04. The normalized spacial score (nSPS) is 21.3. The molecule has 0 aromatic carbocycles. The van der Waals surface area contributed by atoms with Crippen molar-refractivity contribution >= 4 is 6.03 Å². The zero-order chi connectivity index (χ0) is 10.8. The second-order valence-corrected chi connectivity index (χ2v) is 4.49. The van der Waals surface area contributed by atoms with E-state index in [0.717, 1.165) is 19.5 Å². The van der Waals surface area contributed by atoms with Crippen LogP contribution in [0.3, 0.4) is 0 Å². The van der Waals surface area contributed by atoms with Gasteiger partial charge in [0, 0.05) is 25.5 Å². The highest BCUT2D eigenvalue weighted by atomic mass is 16.2. The van der Waals surface area contributed by atoms with Crippen molar-refractivity contribution in [2.75, 3.05) is 13.1 Å². The standard InChI is InChI=1S/C11H17N3O/c1-9(2)10-3-5-13(7-10)11(15)14-6-4-12-8-14/h4,6,8-10H,3,5,7H2,1-2H3. The van der Waals surface area contributed by atoms with E-state index in [1.807, 2.05) is 4.90 Å². The van der Waals surface area contributed by atoms with Gasteiger partial charge < -0.3 is 4.90 Å². The predicted molar refractivity (Wildman–Crippen MR) is 57.5 cm³/mol. The number of imidazole rings is 1. The van der Waals surface area contributed by atoms with E-state index in [1.165, 1.54) is 0 Å². The van der Waals surface area contributed by atoms with E-state index in [2.05, 4.69) is 18.8 Å². The molecule has 1 aliphatic heterocycles. The Morgan fingerprint density at radius 1 is 1.53 bits per heavy atom. The van der Waals surface area contributed by atoms with E-state index in [1.54, 1.807) is 23.3 Å². The summed E-state index contributed by atoms with van der Waals surface area (Å²) in [6.45, 7) is 6.19. The molecule has 4 heteroatoms. The van der Waals surface area contributed by atoms with E-state index < -0.39 is 0 Å². The Labute approximate surface area is 89.9 Å². The number of nitrogens with zero attached hydrogens (tertiary/aromatic N) is 3. The number of hydrogen-bond donors (Lipinski definition) is 0. The number of hydrogen-bond acceptors (Lipinski definition) is 2. The van der Waals surface area contributed by atoms with Crippen LogP contribution in [-0.2, 0) is 0 Å². The van der Waals surface area contributed by atoms with E-state index in [4.69, 9.17) is 0 Å². The number of carbonyl (C=O) groups is 1. The Balaban J connectivity index is 1.99. The van der Waals surface area contributed by atoms with Gasteiger partial charge in [0.15, 0.2) is 0 Å². The van der Waals surface area contributed by atoms with E-state index >= 15 is 0 Å². The zero-order valence-corrected chi connectivity index (χ0v) is 9.26. The molecule has 2 heterocycles. The first-order valence-corrected chi connectivity index (χ1v) is 5.45. The van der Waals surface area contributed by atoms with Crippen molar-refractivity contribution in [2.24, 2.45) is 11.8 Å². The summed E-state index contributed by atoms with van der Waals surface area (Å²) >= 11 is 0. The third kappa shape index (κ3) is 2.03. The van der Waals surface area contributed by atoms with Crippen LogP contribution in [0.15, 0.2) is 18.7 Å². The molecule has 0 saturated carbocycles. The summed E-state index contributed by atoms with van der Waals surface area (Å²) in [7, 11) is 0. The molecule has 1 atom stereocenters. The fourth-order valence-electron chi connectivity index (χ4n) is 2.04. The summed E-state index contributed by atoms with van der Waals surface area (Å²) < 4.78 is 1.54. The van der Waals surface area contributed by atoms with Gasteiger partial charge >= 0.3 is 6.03 Å². The van der Waals surface area contributed by atoms with Crippen LogP contribution < -0.4 is 0 Å². The summed E-state index contributed by atoms with van der Waals surface area (Å²) in [5.41, 5.74) is 0. The number of carbonyl (C=O) groups excluding carboxylic acids is 1. The minimum absolute atomic E-state index is 0.0515. The third-order valence-corrected chi connectivity index (χ3v) is 3.16. The van der Waals surface area contributed by atoms with Crippen LogP contribution in [0.1, 0.15) is 20.3 Å². The maximum atomic E-state index is 11.9. The van der Waals surface area contributed by atoms with Gasteiger partial charge in [0.1, 0.15) is 6.33 Å². The van der Waals surface area contributed by atoms with Crippen molar-refractivity contribution < 1.29 is 4.79 Å². The summed E-state index contributed by atoms with van der Waals surface area (Å²) in [5, 5.41) is 0. The van der Waals surface area contributed by atoms with Crippen molar-refractivity contribution in [1.29, 1.82) is 0 Å². The lowest BCUT2D eigenvalue weighted by Gasteiger charge is -2.17. The first-order chi connectivity index (χ1) is 7.18. The number of rotatable bonds is 1. The molecular weight excluding hydrogens is 190 g/mol. The molecule has 1 fully saturated rings. The van der Waals surface area contributed by atoms with Gasteiger partial charge in [-0.1, -0.05) is 13.8 Å². The smallest absolute Gasteiger partial charge is 0.324 e. The van der Waals surface area contributed by atoms with E-state index in [9.17, 15) is 4.79 Å². The molecule has 1 saturated heterocycles. The van der Waals surface area contributed by atoms with Gasteiger partial charge in [0.25, 0.3) is 0 Å². The van der Waals surface area contributed by atoms with Crippen molar-refractivity contribution in [1.82, 2.24) is 14.5 Å². The first kappa shape index (κ1) is 10.2. The SMILES string of the molecule is CC(C)C1CCN(C(=O)n2ccnc2)C1. The highest BCUT2D eigenvalue weighted by Crippen LogP contribution is 2.23. The molecule has 1 unspecified atom stereocenters. The van der Waals surface area contributed by atoms with Crippen LogP contribution in [0.25, 0.3) is 0 Å². The van der Waals surface area contributed by atoms with Crippen LogP contribution in [0.4, 0.5) is 4.79 Å². The lowest BCUT2D eigenvalue weighted by atomic mass is 9.95. The van der Waals surface area contributed by atoms with E-state index in [-0.39, 0.29) is 6.03 Å². The van der Waals surface area contributed by atoms with Gasteiger partial charge in [0.2, 0.25) is 0 Å². The summed E-state index contributed by atoms with van der Waals surface area (Å²) in [4.78, 5) is 17.7.